The molecule has 4 nitrogen and oxygen atoms in total. The molecule has 1 atom stereocenters. The summed E-state index contributed by atoms with van der Waals surface area (Å²) < 4.78 is 5.87. The first-order chi connectivity index (χ1) is 10.9. The average molecular weight is 318 g/mol. The van der Waals surface area contributed by atoms with E-state index < -0.39 is 6.10 Å². The number of hydrogen-bond donors (Lipinski definition) is 1. The lowest BCUT2D eigenvalue weighted by Gasteiger charge is -2.35. The molecule has 0 spiro atoms. The van der Waals surface area contributed by atoms with Gasteiger partial charge in [0.2, 0.25) is 0 Å². The van der Waals surface area contributed by atoms with Gasteiger partial charge in [0.15, 0.2) is 6.10 Å². The van der Waals surface area contributed by atoms with Gasteiger partial charge >= 0.3 is 0 Å². The summed E-state index contributed by atoms with van der Waals surface area (Å²) in [6.07, 6.45) is 1.55. The molecule has 1 fully saturated rings. The van der Waals surface area contributed by atoms with Gasteiger partial charge in [-0.15, -0.1) is 0 Å². The minimum atomic E-state index is -0.473. The summed E-state index contributed by atoms with van der Waals surface area (Å²) in [7, 11) is 0. The summed E-state index contributed by atoms with van der Waals surface area (Å²) in [5.41, 5.74) is 2.27. The predicted octanol–water partition coefficient (Wildman–Crippen LogP) is 3.06. The largest absolute Gasteiger partial charge is 0.481 e. The summed E-state index contributed by atoms with van der Waals surface area (Å²) in [5.74, 6) is 0.774. The zero-order valence-corrected chi connectivity index (χ0v) is 15.1. The number of amides is 1. The molecule has 1 amide bonds. The number of carbonyl (C=O) groups is 1. The molecule has 0 saturated carbocycles. The van der Waals surface area contributed by atoms with Crippen molar-refractivity contribution in [1.29, 1.82) is 0 Å². The second kappa shape index (κ2) is 7.82. The highest BCUT2D eigenvalue weighted by Crippen LogP contribution is 2.22. The molecule has 0 radical (unpaired) electrons. The molecule has 0 bridgehead atoms. The van der Waals surface area contributed by atoms with Crippen molar-refractivity contribution in [2.75, 3.05) is 13.1 Å². The Labute approximate surface area is 140 Å². The van der Waals surface area contributed by atoms with E-state index in [1.54, 1.807) is 0 Å². The number of aryl methyl sites for hydroxylation is 1. The van der Waals surface area contributed by atoms with Crippen LogP contribution in [0.2, 0.25) is 0 Å². The monoisotopic (exact) mass is 318 g/mol. The van der Waals surface area contributed by atoms with Crippen LogP contribution in [0.3, 0.4) is 0 Å². The summed E-state index contributed by atoms with van der Waals surface area (Å²) >= 11 is 0. The van der Waals surface area contributed by atoms with Crippen molar-refractivity contribution in [1.82, 2.24) is 10.2 Å². The lowest BCUT2D eigenvalue weighted by molar-refractivity contribution is -0.128. The van der Waals surface area contributed by atoms with E-state index in [1.165, 1.54) is 5.56 Å². The van der Waals surface area contributed by atoms with E-state index in [0.29, 0.717) is 6.04 Å². The highest BCUT2D eigenvalue weighted by atomic mass is 16.5. The Hall–Kier alpha value is -1.55. The van der Waals surface area contributed by atoms with E-state index in [-0.39, 0.29) is 11.9 Å². The van der Waals surface area contributed by atoms with E-state index in [2.05, 4.69) is 37.1 Å². The van der Waals surface area contributed by atoms with Crippen molar-refractivity contribution >= 4 is 5.91 Å². The van der Waals surface area contributed by atoms with Gasteiger partial charge in [0, 0.05) is 25.2 Å². The number of carbonyl (C=O) groups excluding carboxylic acids is 1. The highest BCUT2D eigenvalue weighted by molar-refractivity contribution is 5.81. The SMILES string of the molecule is Cc1cccc(OC(C)C(=O)NC2CCN(C(C)C)CC2)c1C. The number of nitrogens with zero attached hydrogens (tertiary/aromatic N) is 1. The zero-order chi connectivity index (χ0) is 17.0. The lowest BCUT2D eigenvalue weighted by Crippen LogP contribution is -2.49. The fraction of sp³-hybridized carbons (Fsp3) is 0.632. The molecule has 1 N–H and O–H groups in total. The molecule has 4 heteroatoms. The van der Waals surface area contributed by atoms with E-state index in [9.17, 15) is 4.79 Å². The van der Waals surface area contributed by atoms with Crippen LogP contribution in [0.25, 0.3) is 0 Å². The van der Waals surface area contributed by atoms with Gasteiger partial charge in [0.05, 0.1) is 0 Å². The third-order valence-corrected chi connectivity index (χ3v) is 4.83. The van der Waals surface area contributed by atoms with Gasteiger partial charge in [-0.1, -0.05) is 12.1 Å². The standard InChI is InChI=1S/C19H30N2O2/c1-13(2)21-11-9-17(10-12-21)20-19(22)16(5)23-18-8-6-7-14(3)15(18)4/h6-8,13,16-17H,9-12H2,1-5H3,(H,20,22). The molecule has 1 saturated heterocycles. The van der Waals surface area contributed by atoms with E-state index in [4.69, 9.17) is 4.74 Å². The van der Waals surface area contributed by atoms with E-state index in [0.717, 1.165) is 37.2 Å². The van der Waals surface area contributed by atoms with E-state index >= 15 is 0 Å². The number of nitrogens with one attached hydrogen (secondary N) is 1. The summed E-state index contributed by atoms with van der Waals surface area (Å²) in [4.78, 5) is 14.8. The fourth-order valence-electron chi connectivity index (χ4n) is 2.97. The molecule has 1 unspecified atom stereocenters. The van der Waals surface area contributed by atoms with Crippen molar-refractivity contribution in [3.8, 4) is 5.75 Å². The molecule has 1 heterocycles. The maximum atomic E-state index is 12.4. The van der Waals surface area contributed by atoms with Crippen LogP contribution in [0.4, 0.5) is 0 Å². The maximum absolute atomic E-state index is 12.4. The Kier molecular flexibility index (Phi) is 6.05. The van der Waals surface area contributed by atoms with Gasteiger partial charge < -0.3 is 15.0 Å². The molecule has 128 valence electrons. The van der Waals surface area contributed by atoms with E-state index in [1.807, 2.05) is 26.0 Å². The van der Waals surface area contributed by atoms with Crippen molar-refractivity contribution in [2.45, 2.75) is 65.6 Å². The number of hydrogen-bond acceptors (Lipinski definition) is 3. The first-order valence-electron chi connectivity index (χ1n) is 8.65. The summed E-state index contributed by atoms with van der Waals surface area (Å²) in [6, 6.07) is 6.78. The first kappa shape index (κ1) is 17.8. The molecule has 23 heavy (non-hydrogen) atoms. The Morgan fingerprint density at radius 3 is 2.48 bits per heavy atom. The third-order valence-electron chi connectivity index (χ3n) is 4.83. The van der Waals surface area contributed by atoms with Crippen LogP contribution in [0.15, 0.2) is 18.2 Å². The Balaban J connectivity index is 1.85. The molecule has 0 aliphatic carbocycles. The molecular weight excluding hydrogens is 288 g/mol. The van der Waals surface area contributed by atoms with Crippen LogP contribution < -0.4 is 10.1 Å². The van der Waals surface area contributed by atoms with Crippen molar-refractivity contribution in [3.63, 3.8) is 0 Å². The zero-order valence-electron chi connectivity index (χ0n) is 15.1. The van der Waals surface area contributed by atoms with Gasteiger partial charge in [-0.05, 0) is 64.7 Å². The molecule has 1 aromatic carbocycles. The maximum Gasteiger partial charge on any atom is 0.260 e. The normalized spacial score (nSPS) is 18.0. The van der Waals surface area contributed by atoms with Crippen molar-refractivity contribution in [3.05, 3.63) is 29.3 Å². The topological polar surface area (TPSA) is 41.6 Å². The van der Waals surface area contributed by atoms with Crippen LogP contribution in [-0.2, 0) is 4.79 Å². The summed E-state index contributed by atoms with van der Waals surface area (Å²) in [5, 5.41) is 3.14. The quantitative estimate of drug-likeness (QED) is 0.907. The third kappa shape index (κ3) is 4.71. The second-order valence-corrected chi connectivity index (χ2v) is 6.87. The van der Waals surface area contributed by atoms with Crippen LogP contribution in [-0.4, -0.2) is 42.1 Å². The smallest absolute Gasteiger partial charge is 0.260 e. The number of benzene rings is 1. The van der Waals surface area contributed by atoms with Gasteiger partial charge in [0.1, 0.15) is 5.75 Å². The molecule has 1 aliphatic rings. The highest BCUT2D eigenvalue weighted by Gasteiger charge is 2.24. The molecular formula is C19H30N2O2. The van der Waals surface area contributed by atoms with Crippen molar-refractivity contribution in [2.24, 2.45) is 0 Å². The van der Waals surface area contributed by atoms with Gasteiger partial charge in [-0.3, -0.25) is 4.79 Å². The van der Waals surface area contributed by atoms with Crippen LogP contribution in [0, 0.1) is 13.8 Å². The van der Waals surface area contributed by atoms with Gasteiger partial charge in [0.25, 0.3) is 5.91 Å². The molecule has 0 aromatic heterocycles. The molecule has 1 aromatic rings. The fourth-order valence-corrected chi connectivity index (χ4v) is 2.97. The summed E-state index contributed by atoms with van der Waals surface area (Å²) in [6.45, 7) is 12.4. The van der Waals surface area contributed by atoms with Gasteiger partial charge in [-0.25, -0.2) is 0 Å². The number of likely N-dealkylation sites (tertiary alicyclic amines) is 1. The Morgan fingerprint density at radius 1 is 1.22 bits per heavy atom. The minimum absolute atomic E-state index is 0.0195. The first-order valence-corrected chi connectivity index (χ1v) is 8.65. The van der Waals surface area contributed by atoms with Crippen LogP contribution in [0.1, 0.15) is 44.7 Å². The molecule has 2 rings (SSSR count). The number of piperidine rings is 1. The van der Waals surface area contributed by atoms with Crippen LogP contribution >= 0.6 is 0 Å². The lowest BCUT2D eigenvalue weighted by atomic mass is 10.0. The van der Waals surface area contributed by atoms with Crippen molar-refractivity contribution < 1.29 is 9.53 Å². The predicted molar refractivity (Wildman–Crippen MR) is 93.9 cm³/mol. The minimum Gasteiger partial charge on any atom is -0.481 e. The second-order valence-electron chi connectivity index (χ2n) is 6.87. The van der Waals surface area contributed by atoms with Crippen LogP contribution in [0.5, 0.6) is 5.75 Å². The average Bonchev–Trinajstić information content (AvgIpc) is 2.52. The Bertz CT molecular complexity index is 534. The molecule has 1 aliphatic heterocycles. The number of ether oxygens (including phenoxy) is 1. The Morgan fingerprint density at radius 2 is 1.87 bits per heavy atom. The number of rotatable bonds is 5. The van der Waals surface area contributed by atoms with Gasteiger partial charge in [-0.2, -0.15) is 0 Å².